The van der Waals surface area contributed by atoms with Crippen LogP contribution in [0.2, 0.25) is 10.0 Å². The van der Waals surface area contributed by atoms with Crippen LogP contribution in [0.15, 0.2) is 49.4 Å². The van der Waals surface area contributed by atoms with Crippen molar-refractivity contribution in [1.29, 1.82) is 0 Å². The van der Waals surface area contributed by atoms with E-state index in [9.17, 15) is 4.79 Å². The molecule has 0 spiro atoms. The molecule has 1 saturated heterocycles. The maximum absolute atomic E-state index is 11.7. The maximum atomic E-state index is 11.7. The lowest BCUT2D eigenvalue weighted by Crippen LogP contribution is -2.29. The van der Waals surface area contributed by atoms with Gasteiger partial charge in [-0.2, -0.15) is 0 Å². The fourth-order valence-electron chi connectivity index (χ4n) is 3.15. The first kappa shape index (κ1) is 19.4. The van der Waals surface area contributed by atoms with Crippen LogP contribution in [0.1, 0.15) is 6.42 Å². The van der Waals surface area contributed by atoms with Gasteiger partial charge in [0, 0.05) is 29.4 Å². The van der Waals surface area contributed by atoms with Gasteiger partial charge >= 0.3 is 0 Å². The lowest BCUT2D eigenvalue weighted by molar-refractivity contribution is -0.125. The summed E-state index contributed by atoms with van der Waals surface area (Å²) in [4.78, 5) is 26.4. The molecule has 148 valence electrons. The van der Waals surface area contributed by atoms with Crippen LogP contribution in [0.25, 0.3) is 10.9 Å². The van der Waals surface area contributed by atoms with Crippen molar-refractivity contribution in [3.05, 3.63) is 59.5 Å². The molecule has 0 radical (unpaired) electrons. The van der Waals surface area contributed by atoms with E-state index in [4.69, 9.17) is 27.9 Å². The van der Waals surface area contributed by atoms with Gasteiger partial charge in [-0.3, -0.25) is 4.79 Å². The monoisotopic (exact) mass is 429 g/mol. The third-order valence-corrected chi connectivity index (χ3v) is 5.15. The number of rotatable bonds is 5. The van der Waals surface area contributed by atoms with Crippen LogP contribution in [0.4, 0.5) is 11.5 Å². The van der Waals surface area contributed by atoms with E-state index in [0.717, 1.165) is 11.8 Å². The molecular formula is C20H17Cl2N5O2. The minimum Gasteiger partial charge on any atom is -0.472 e. The second-order valence-corrected chi connectivity index (χ2v) is 7.37. The third kappa shape index (κ3) is 4.26. The van der Waals surface area contributed by atoms with Crippen molar-refractivity contribution in [1.82, 2.24) is 19.9 Å². The van der Waals surface area contributed by atoms with E-state index in [0.29, 0.717) is 46.0 Å². The van der Waals surface area contributed by atoms with E-state index >= 15 is 0 Å². The molecule has 2 aromatic heterocycles. The third-order valence-electron chi connectivity index (χ3n) is 4.60. The molecule has 1 fully saturated rings. The van der Waals surface area contributed by atoms with Gasteiger partial charge in [-0.15, -0.1) is 0 Å². The van der Waals surface area contributed by atoms with E-state index in [1.807, 2.05) is 0 Å². The summed E-state index contributed by atoms with van der Waals surface area (Å²) in [5, 5.41) is 4.97. The SMILES string of the molecule is C=CC(=O)N1CCC(Oc2cc3c(Nc4ccc(Cl)cc4Cl)ncnc3cn2)C1. The minimum atomic E-state index is -0.129. The summed E-state index contributed by atoms with van der Waals surface area (Å²) in [6, 6.07) is 6.95. The Labute approximate surface area is 177 Å². The first-order chi connectivity index (χ1) is 14.0. The van der Waals surface area contributed by atoms with Crippen LogP contribution in [0.5, 0.6) is 5.88 Å². The van der Waals surface area contributed by atoms with Crippen LogP contribution in [-0.2, 0) is 4.79 Å². The number of anilines is 2. The number of hydrogen-bond acceptors (Lipinski definition) is 6. The number of halogens is 2. The molecule has 1 N–H and O–H groups in total. The van der Waals surface area contributed by atoms with Crippen molar-refractivity contribution in [3.8, 4) is 5.88 Å². The zero-order chi connectivity index (χ0) is 20.4. The molecular weight excluding hydrogens is 413 g/mol. The van der Waals surface area contributed by atoms with Crippen molar-refractivity contribution in [2.45, 2.75) is 12.5 Å². The topological polar surface area (TPSA) is 80.2 Å². The van der Waals surface area contributed by atoms with Crippen LogP contribution in [0, 0.1) is 0 Å². The quantitative estimate of drug-likeness (QED) is 0.610. The number of ether oxygens (including phenoxy) is 1. The molecule has 1 atom stereocenters. The van der Waals surface area contributed by atoms with E-state index in [2.05, 4.69) is 26.8 Å². The van der Waals surface area contributed by atoms with Crippen LogP contribution in [0.3, 0.4) is 0 Å². The number of benzene rings is 1. The first-order valence-electron chi connectivity index (χ1n) is 8.94. The highest BCUT2D eigenvalue weighted by Gasteiger charge is 2.26. The first-order valence-corrected chi connectivity index (χ1v) is 9.70. The Morgan fingerprint density at radius 1 is 1.28 bits per heavy atom. The summed E-state index contributed by atoms with van der Waals surface area (Å²) < 4.78 is 5.99. The highest BCUT2D eigenvalue weighted by molar-refractivity contribution is 6.36. The van der Waals surface area contributed by atoms with Gasteiger partial charge in [0.25, 0.3) is 0 Å². The Kier molecular flexibility index (Phi) is 5.51. The second kappa shape index (κ2) is 8.23. The second-order valence-electron chi connectivity index (χ2n) is 6.53. The van der Waals surface area contributed by atoms with E-state index in [-0.39, 0.29) is 12.0 Å². The van der Waals surface area contributed by atoms with Gasteiger partial charge in [0.2, 0.25) is 11.8 Å². The molecule has 1 aliphatic rings. The molecule has 9 heteroatoms. The van der Waals surface area contributed by atoms with Gasteiger partial charge in [-0.1, -0.05) is 29.8 Å². The molecule has 3 aromatic rings. The number of pyridine rings is 1. The summed E-state index contributed by atoms with van der Waals surface area (Å²) in [5.74, 6) is 0.916. The summed E-state index contributed by atoms with van der Waals surface area (Å²) in [5.41, 5.74) is 1.33. The Morgan fingerprint density at radius 3 is 2.93 bits per heavy atom. The van der Waals surface area contributed by atoms with E-state index < -0.39 is 0 Å². The largest absolute Gasteiger partial charge is 0.472 e. The van der Waals surface area contributed by atoms with Crippen molar-refractivity contribution in [2.24, 2.45) is 0 Å². The molecule has 1 unspecified atom stereocenters. The van der Waals surface area contributed by atoms with Gasteiger partial charge in [0.15, 0.2) is 0 Å². The molecule has 0 aliphatic carbocycles. The molecule has 1 amide bonds. The molecule has 3 heterocycles. The predicted molar refractivity (Wildman–Crippen MR) is 113 cm³/mol. The summed E-state index contributed by atoms with van der Waals surface area (Å²) in [6.45, 7) is 4.66. The summed E-state index contributed by atoms with van der Waals surface area (Å²) in [6.07, 6.45) is 4.99. The highest BCUT2D eigenvalue weighted by Crippen LogP contribution is 2.31. The van der Waals surface area contributed by atoms with Crippen molar-refractivity contribution >= 4 is 51.5 Å². The average Bonchev–Trinajstić information content (AvgIpc) is 3.18. The molecule has 1 aromatic carbocycles. The van der Waals surface area contributed by atoms with Gasteiger partial charge < -0.3 is 15.0 Å². The maximum Gasteiger partial charge on any atom is 0.246 e. The number of carbonyl (C=O) groups excluding carboxylic acids is 1. The molecule has 1 aliphatic heterocycles. The minimum absolute atomic E-state index is 0.0951. The lowest BCUT2D eigenvalue weighted by Gasteiger charge is -2.15. The molecule has 0 saturated carbocycles. The predicted octanol–water partition coefficient (Wildman–Crippen LogP) is 4.24. The Morgan fingerprint density at radius 2 is 2.14 bits per heavy atom. The Hall–Kier alpha value is -2.90. The smallest absolute Gasteiger partial charge is 0.246 e. The molecule has 7 nitrogen and oxygen atoms in total. The van der Waals surface area contributed by atoms with Crippen molar-refractivity contribution < 1.29 is 9.53 Å². The lowest BCUT2D eigenvalue weighted by atomic mass is 10.2. The molecule has 4 rings (SSSR count). The normalized spacial score (nSPS) is 16.1. The van der Waals surface area contributed by atoms with Gasteiger partial charge in [-0.05, 0) is 24.3 Å². The molecule has 0 bridgehead atoms. The number of fused-ring (bicyclic) bond motifs is 1. The van der Waals surface area contributed by atoms with E-state index in [1.54, 1.807) is 35.4 Å². The number of nitrogens with zero attached hydrogens (tertiary/aromatic N) is 4. The zero-order valence-electron chi connectivity index (χ0n) is 15.3. The van der Waals surface area contributed by atoms with Gasteiger partial charge in [0.05, 0.1) is 29.0 Å². The number of amides is 1. The molecule has 29 heavy (non-hydrogen) atoms. The fraction of sp³-hybridized carbons (Fsp3) is 0.200. The highest BCUT2D eigenvalue weighted by atomic mass is 35.5. The van der Waals surface area contributed by atoms with Crippen LogP contribution in [-0.4, -0.2) is 45.0 Å². The summed E-state index contributed by atoms with van der Waals surface area (Å²) in [7, 11) is 0. The van der Waals surface area contributed by atoms with Gasteiger partial charge in [0.1, 0.15) is 18.2 Å². The fourth-order valence-corrected chi connectivity index (χ4v) is 3.60. The average molecular weight is 430 g/mol. The van der Waals surface area contributed by atoms with Crippen molar-refractivity contribution in [2.75, 3.05) is 18.4 Å². The zero-order valence-corrected chi connectivity index (χ0v) is 16.8. The van der Waals surface area contributed by atoms with Crippen LogP contribution < -0.4 is 10.1 Å². The Bertz CT molecular complexity index is 1090. The number of nitrogens with one attached hydrogen (secondary N) is 1. The Balaban J connectivity index is 1.58. The number of likely N-dealkylation sites (tertiary alicyclic amines) is 1. The number of aromatic nitrogens is 3. The standard InChI is InChI=1S/C20H17Cl2N5O2/c1-2-19(28)27-6-5-13(10-27)29-18-8-14-17(9-23-18)24-11-25-20(14)26-16-4-3-12(21)7-15(16)22/h2-4,7-9,11,13H,1,5-6,10H2,(H,24,25,26). The van der Waals surface area contributed by atoms with E-state index in [1.165, 1.54) is 12.4 Å². The number of hydrogen-bond donors (Lipinski definition) is 1. The van der Waals surface area contributed by atoms with Crippen LogP contribution >= 0.6 is 23.2 Å². The number of carbonyl (C=O) groups is 1. The summed E-state index contributed by atoms with van der Waals surface area (Å²) >= 11 is 12.2. The van der Waals surface area contributed by atoms with Gasteiger partial charge in [-0.25, -0.2) is 15.0 Å². The van der Waals surface area contributed by atoms with Crippen molar-refractivity contribution in [3.63, 3.8) is 0 Å².